The van der Waals surface area contributed by atoms with E-state index in [0.29, 0.717) is 0 Å². The molecule has 0 aromatic carbocycles. The Morgan fingerprint density at radius 2 is 2.33 bits per heavy atom. The van der Waals surface area contributed by atoms with Crippen molar-refractivity contribution in [2.45, 2.75) is 33.1 Å². The van der Waals surface area contributed by atoms with Crippen LogP contribution < -0.4 is 0 Å². The second kappa shape index (κ2) is 3.04. The third-order valence-corrected chi connectivity index (χ3v) is 2.81. The Kier molecular flexibility index (Phi) is 2.56. The van der Waals surface area contributed by atoms with Gasteiger partial charge in [-0.1, -0.05) is 12.5 Å². The number of allylic oxidation sites excluding steroid dienone is 2. The molecule has 0 bridgehead atoms. The Morgan fingerprint density at radius 3 is 2.56 bits per heavy atom. The lowest BCUT2D eigenvalue weighted by Crippen LogP contribution is -1.88. The summed E-state index contributed by atoms with van der Waals surface area (Å²) in [5, 5.41) is 0. The van der Waals surface area contributed by atoms with Gasteiger partial charge in [-0.15, -0.1) is 0 Å². The van der Waals surface area contributed by atoms with Crippen LogP contribution in [0.25, 0.3) is 0 Å². The van der Waals surface area contributed by atoms with Crippen molar-refractivity contribution in [2.75, 3.05) is 0 Å². The Labute approximate surface area is 70.9 Å². The molecule has 1 rings (SSSR count). The van der Waals surface area contributed by atoms with Crippen LogP contribution in [0, 0.1) is 5.92 Å². The van der Waals surface area contributed by atoms with Crippen LogP contribution in [0.5, 0.6) is 0 Å². The van der Waals surface area contributed by atoms with E-state index in [4.69, 9.17) is 0 Å². The number of rotatable bonds is 0. The first kappa shape index (κ1) is 7.58. The predicted molar refractivity (Wildman–Crippen MR) is 49.7 cm³/mol. The van der Waals surface area contributed by atoms with Crippen molar-refractivity contribution < 1.29 is 0 Å². The average molecular weight is 236 g/mol. The molecule has 1 saturated carbocycles. The minimum atomic E-state index is 0.877. The summed E-state index contributed by atoms with van der Waals surface area (Å²) >= 11 is 2.44. The third kappa shape index (κ3) is 1.69. The van der Waals surface area contributed by atoms with E-state index in [-0.39, 0.29) is 0 Å². The van der Waals surface area contributed by atoms with Crippen LogP contribution in [0.3, 0.4) is 0 Å². The standard InChI is InChI=1S/C8H13I/c1-6-4-3-5-8(6)7(2)9/h6H,3-5H2,1-2H3/b8-7+. The molecular formula is C8H13I. The van der Waals surface area contributed by atoms with Crippen molar-refractivity contribution in [1.82, 2.24) is 0 Å². The van der Waals surface area contributed by atoms with E-state index >= 15 is 0 Å². The highest BCUT2D eigenvalue weighted by Gasteiger charge is 2.16. The Hall–Kier alpha value is 0.470. The molecule has 0 aromatic rings. The predicted octanol–water partition coefficient (Wildman–Crippen LogP) is 3.52. The molecule has 1 atom stereocenters. The van der Waals surface area contributed by atoms with Gasteiger partial charge in [-0.25, -0.2) is 0 Å². The smallest absolute Gasteiger partial charge is 0.0130 e. The topological polar surface area (TPSA) is 0 Å². The van der Waals surface area contributed by atoms with Crippen molar-refractivity contribution >= 4 is 22.6 Å². The maximum atomic E-state index is 2.44. The lowest BCUT2D eigenvalue weighted by molar-refractivity contribution is 0.695. The Balaban J connectivity index is 2.70. The van der Waals surface area contributed by atoms with Crippen molar-refractivity contribution in [3.05, 3.63) is 9.15 Å². The normalized spacial score (nSPS) is 33.0. The van der Waals surface area contributed by atoms with E-state index < -0.39 is 0 Å². The van der Waals surface area contributed by atoms with Crippen LogP contribution in [0.2, 0.25) is 0 Å². The summed E-state index contributed by atoms with van der Waals surface area (Å²) in [6.07, 6.45) is 4.18. The SMILES string of the molecule is C/C(I)=C1/CCCC1C. The van der Waals surface area contributed by atoms with Gasteiger partial charge in [0.05, 0.1) is 0 Å². The fourth-order valence-corrected chi connectivity index (χ4v) is 2.33. The molecule has 9 heavy (non-hydrogen) atoms. The van der Waals surface area contributed by atoms with Gasteiger partial charge in [0.15, 0.2) is 0 Å². The van der Waals surface area contributed by atoms with Crippen LogP contribution in [-0.4, -0.2) is 0 Å². The molecule has 0 spiro atoms. The Morgan fingerprint density at radius 1 is 1.67 bits per heavy atom. The summed E-state index contributed by atoms with van der Waals surface area (Å²) in [5.41, 5.74) is 1.70. The minimum Gasteiger partial charge on any atom is -0.0587 e. The van der Waals surface area contributed by atoms with Gasteiger partial charge in [-0.3, -0.25) is 0 Å². The highest BCUT2D eigenvalue weighted by Crippen LogP contribution is 2.34. The fraction of sp³-hybridized carbons (Fsp3) is 0.750. The molecule has 1 fully saturated rings. The quantitative estimate of drug-likeness (QED) is 0.564. The summed E-state index contributed by atoms with van der Waals surface area (Å²) < 4.78 is 1.53. The first-order chi connectivity index (χ1) is 4.22. The first-order valence-electron chi connectivity index (χ1n) is 3.57. The monoisotopic (exact) mass is 236 g/mol. The largest absolute Gasteiger partial charge is 0.0587 e. The van der Waals surface area contributed by atoms with E-state index in [1.54, 1.807) is 5.57 Å². The minimum absolute atomic E-state index is 0.877. The number of hydrogen-bond donors (Lipinski definition) is 0. The van der Waals surface area contributed by atoms with E-state index in [1.165, 1.54) is 22.8 Å². The van der Waals surface area contributed by atoms with Crippen LogP contribution in [0.4, 0.5) is 0 Å². The lowest BCUT2D eigenvalue weighted by Gasteiger charge is -2.04. The zero-order valence-electron chi connectivity index (χ0n) is 6.08. The van der Waals surface area contributed by atoms with Crippen LogP contribution in [0.15, 0.2) is 9.15 Å². The highest BCUT2D eigenvalue weighted by atomic mass is 127. The summed E-state index contributed by atoms with van der Waals surface area (Å²) in [4.78, 5) is 0. The molecule has 0 nitrogen and oxygen atoms in total. The van der Waals surface area contributed by atoms with Gasteiger partial charge in [-0.2, -0.15) is 0 Å². The molecule has 1 aliphatic carbocycles. The number of hydrogen-bond acceptors (Lipinski definition) is 0. The molecule has 52 valence electrons. The first-order valence-corrected chi connectivity index (χ1v) is 4.65. The van der Waals surface area contributed by atoms with Crippen molar-refractivity contribution in [3.63, 3.8) is 0 Å². The second-order valence-electron chi connectivity index (χ2n) is 2.85. The van der Waals surface area contributed by atoms with E-state index in [0.717, 1.165) is 5.92 Å². The highest BCUT2D eigenvalue weighted by molar-refractivity contribution is 14.1. The zero-order chi connectivity index (χ0) is 6.85. The molecule has 1 heteroatoms. The van der Waals surface area contributed by atoms with Crippen molar-refractivity contribution in [2.24, 2.45) is 5.92 Å². The average Bonchev–Trinajstić information content (AvgIpc) is 2.13. The molecule has 0 aromatic heterocycles. The molecule has 0 amide bonds. The van der Waals surface area contributed by atoms with Gasteiger partial charge in [0, 0.05) is 0 Å². The molecule has 1 aliphatic rings. The second-order valence-corrected chi connectivity index (χ2v) is 4.47. The van der Waals surface area contributed by atoms with E-state index in [2.05, 4.69) is 36.4 Å². The van der Waals surface area contributed by atoms with Gasteiger partial charge < -0.3 is 0 Å². The molecule has 0 saturated heterocycles. The van der Waals surface area contributed by atoms with Gasteiger partial charge in [0.1, 0.15) is 0 Å². The van der Waals surface area contributed by atoms with E-state index in [9.17, 15) is 0 Å². The van der Waals surface area contributed by atoms with Crippen molar-refractivity contribution in [1.29, 1.82) is 0 Å². The lowest BCUT2D eigenvalue weighted by atomic mass is 10.1. The summed E-state index contributed by atoms with van der Waals surface area (Å²) in [7, 11) is 0. The zero-order valence-corrected chi connectivity index (χ0v) is 8.23. The van der Waals surface area contributed by atoms with Gasteiger partial charge in [0.2, 0.25) is 0 Å². The fourth-order valence-electron chi connectivity index (χ4n) is 1.53. The Bertz CT molecular complexity index is 132. The van der Waals surface area contributed by atoms with Gasteiger partial charge in [-0.05, 0) is 58.3 Å². The third-order valence-electron chi connectivity index (χ3n) is 2.12. The molecule has 0 radical (unpaired) electrons. The molecule has 0 heterocycles. The summed E-state index contributed by atoms with van der Waals surface area (Å²) in [6.45, 7) is 4.56. The maximum Gasteiger partial charge on any atom is -0.0130 e. The summed E-state index contributed by atoms with van der Waals surface area (Å²) in [5.74, 6) is 0.877. The van der Waals surface area contributed by atoms with Gasteiger partial charge >= 0.3 is 0 Å². The molecule has 0 aliphatic heterocycles. The molecular weight excluding hydrogens is 223 g/mol. The van der Waals surface area contributed by atoms with Crippen LogP contribution in [0.1, 0.15) is 33.1 Å². The molecule has 0 N–H and O–H groups in total. The summed E-state index contributed by atoms with van der Waals surface area (Å²) in [6, 6.07) is 0. The number of halogens is 1. The van der Waals surface area contributed by atoms with Gasteiger partial charge in [0.25, 0.3) is 0 Å². The molecule has 1 unspecified atom stereocenters. The van der Waals surface area contributed by atoms with Crippen LogP contribution in [-0.2, 0) is 0 Å². The van der Waals surface area contributed by atoms with Crippen LogP contribution >= 0.6 is 22.6 Å². The van der Waals surface area contributed by atoms with Crippen molar-refractivity contribution in [3.8, 4) is 0 Å². The van der Waals surface area contributed by atoms with E-state index in [1.807, 2.05) is 0 Å². The maximum absolute atomic E-state index is 2.44.